The van der Waals surface area contributed by atoms with Gasteiger partial charge in [-0.25, -0.2) is 9.37 Å². The van der Waals surface area contributed by atoms with Crippen LogP contribution in [0.4, 0.5) is 4.39 Å². The van der Waals surface area contributed by atoms with Crippen LogP contribution in [0.25, 0.3) is 0 Å². The van der Waals surface area contributed by atoms with Crippen LogP contribution >= 0.6 is 11.3 Å². The van der Waals surface area contributed by atoms with E-state index in [9.17, 15) is 14.4 Å². The van der Waals surface area contributed by atoms with Crippen LogP contribution in [0.2, 0.25) is 0 Å². The van der Waals surface area contributed by atoms with Crippen LogP contribution < -0.4 is 5.32 Å². The number of hydrogen-bond donors (Lipinski definition) is 1. The van der Waals surface area contributed by atoms with Crippen molar-refractivity contribution in [2.24, 2.45) is 0 Å². The summed E-state index contributed by atoms with van der Waals surface area (Å²) in [5.41, 5.74) is 1.55. The number of nitrogens with zero attached hydrogens (tertiary/aromatic N) is 3. The molecule has 0 saturated carbocycles. The summed E-state index contributed by atoms with van der Waals surface area (Å²) < 4.78 is 13.6. The molecule has 2 aromatic rings. The Bertz CT molecular complexity index is 844. The van der Waals surface area contributed by atoms with Crippen LogP contribution in [0, 0.1) is 24.1 Å². The fourth-order valence-electron chi connectivity index (χ4n) is 3.31. The minimum atomic E-state index is -0.523. The number of aryl methyl sites for hydroxylation is 1. The van der Waals surface area contributed by atoms with Crippen LogP contribution in [0.15, 0.2) is 23.6 Å². The molecule has 1 aliphatic rings. The maximum Gasteiger partial charge on any atom is 0.217 e. The SMILES string of the molecule is CC(=O)NC1(c2nc(C)cs2)CCN(Cc2cc(F)ccc2C#N)C1. The van der Waals surface area contributed by atoms with Gasteiger partial charge in [-0.3, -0.25) is 9.69 Å². The Kier molecular flexibility index (Phi) is 4.84. The molecule has 1 aromatic carbocycles. The number of nitriles is 1. The van der Waals surface area contributed by atoms with Gasteiger partial charge in [0.15, 0.2) is 0 Å². The average molecular weight is 358 g/mol. The summed E-state index contributed by atoms with van der Waals surface area (Å²) in [6.07, 6.45) is 0.733. The number of rotatable bonds is 4. The van der Waals surface area contributed by atoms with E-state index in [0.29, 0.717) is 24.2 Å². The number of likely N-dealkylation sites (tertiary alicyclic amines) is 1. The lowest BCUT2D eigenvalue weighted by molar-refractivity contribution is -0.120. The zero-order valence-electron chi connectivity index (χ0n) is 14.2. The number of carbonyl (C=O) groups is 1. The van der Waals surface area contributed by atoms with E-state index in [1.54, 1.807) is 11.3 Å². The maximum atomic E-state index is 13.6. The number of nitrogens with one attached hydrogen (secondary N) is 1. The molecular formula is C18H19FN4OS. The molecule has 1 N–H and O–H groups in total. The van der Waals surface area contributed by atoms with Crippen molar-refractivity contribution in [2.75, 3.05) is 13.1 Å². The molecule has 7 heteroatoms. The van der Waals surface area contributed by atoms with Crippen molar-refractivity contribution in [1.82, 2.24) is 15.2 Å². The van der Waals surface area contributed by atoms with Gasteiger partial charge < -0.3 is 5.32 Å². The van der Waals surface area contributed by atoms with E-state index in [4.69, 9.17) is 0 Å². The summed E-state index contributed by atoms with van der Waals surface area (Å²) in [5, 5.41) is 15.2. The summed E-state index contributed by atoms with van der Waals surface area (Å²) in [6.45, 7) is 5.22. The molecule has 0 aliphatic carbocycles. The van der Waals surface area contributed by atoms with Crippen molar-refractivity contribution in [3.8, 4) is 6.07 Å². The van der Waals surface area contributed by atoms with Crippen LogP contribution in [0.1, 0.15) is 35.2 Å². The Morgan fingerprint density at radius 1 is 1.56 bits per heavy atom. The summed E-state index contributed by atoms with van der Waals surface area (Å²) in [7, 11) is 0. The molecule has 1 atom stereocenters. The van der Waals surface area contributed by atoms with Gasteiger partial charge >= 0.3 is 0 Å². The van der Waals surface area contributed by atoms with Gasteiger partial charge in [-0.1, -0.05) is 0 Å². The molecule has 0 radical (unpaired) electrons. The van der Waals surface area contributed by atoms with Gasteiger partial charge in [0, 0.05) is 37.6 Å². The van der Waals surface area contributed by atoms with E-state index in [1.807, 2.05) is 12.3 Å². The molecule has 130 valence electrons. The number of carbonyl (C=O) groups excluding carboxylic acids is 1. The highest BCUT2D eigenvalue weighted by molar-refractivity contribution is 7.09. The smallest absolute Gasteiger partial charge is 0.217 e. The molecule has 1 aromatic heterocycles. The molecule has 2 heterocycles. The van der Waals surface area contributed by atoms with E-state index in [0.717, 1.165) is 23.7 Å². The van der Waals surface area contributed by atoms with Gasteiger partial charge in [0.05, 0.1) is 11.6 Å². The van der Waals surface area contributed by atoms with Crippen molar-refractivity contribution >= 4 is 17.2 Å². The Hall–Kier alpha value is -2.30. The van der Waals surface area contributed by atoms with Crippen LogP contribution in [0.5, 0.6) is 0 Å². The first-order valence-corrected chi connectivity index (χ1v) is 8.92. The number of thiazole rings is 1. The maximum absolute atomic E-state index is 13.6. The molecule has 0 bridgehead atoms. The second-order valence-corrected chi connectivity index (χ2v) is 7.29. The topological polar surface area (TPSA) is 69.0 Å². The molecule has 25 heavy (non-hydrogen) atoms. The molecule has 1 amide bonds. The van der Waals surface area contributed by atoms with Crippen LogP contribution in [-0.4, -0.2) is 28.9 Å². The number of aromatic nitrogens is 1. The van der Waals surface area contributed by atoms with Gasteiger partial charge in [0.2, 0.25) is 5.91 Å². The van der Waals surface area contributed by atoms with E-state index < -0.39 is 5.54 Å². The Morgan fingerprint density at radius 2 is 2.36 bits per heavy atom. The second-order valence-electron chi connectivity index (χ2n) is 6.43. The zero-order chi connectivity index (χ0) is 18.0. The number of hydrogen-bond acceptors (Lipinski definition) is 5. The molecule has 1 fully saturated rings. The lowest BCUT2D eigenvalue weighted by atomic mass is 9.99. The normalized spacial score (nSPS) is 20.4. The summed E-state index contributed by atoms with van der Waals surface area (Å²) >= 11 is 1.54. The third-order valence-electron chi connectivity index (χ3n) is 4.37. The Morgan fingerprint density at radius 3 is 3.00 bits per heavy atom. The first-order chi connectivity index (χ1) is 11.9. The summed E-state index contributed by atoms with van der Waals surface area (Å²) in [5.74, 6) is -0.449. The summed E-state index contributed by atoms with van der Waals surface area (Å²) in [4.78, 5) is 18.4. The van der Waals surface area contributed by atoms with Crippen LogP contribution in [0.3, 0.4) is 0 Å². The molecule has 5 nitrogen and oxygen atoms in total. The van der Waals surface area contributed by atoms with Crippen molar-refractivity contribution in [2.45, 2.75) is 32.4 Å². The lowest BCUT2D eigenvalue weighted by Gasteiger charge is -2.28. The zero-order valence-corrected chi connectivity index (χ0v) is 15.0. The lowest BCUT2D eigenvalue weighted by Crippen LogP contribution is -2.47. The number of halogens is 1. The van der Waals surface area contributed by atoms with Gasteiger partial charge in [-0.15, -0.1) is 11.3 Å². The van der Waals surface area contributed by atoms with E-state index in [1.165, 1.54) is 25.1 Å². The minimum Gasteiger partial charge on any atom is -0.343 e. The predicted octanol–water partition coefficient (Wildman–Crippen LogP) is 2.70. The van der Waals surface area contributed by atoms with Crippen molar-refractivity contribution in [3.05, 3.63) is 51.2 Å². The minimum absolute atomic E-state index is 0.0989. The van der Waals surface area contributed by atoms with Gasteiger partial charge in [0.25, 0.3) is 0 Å². The highest BCUT2D eigenvalue weighted by Gasteiger charge is 2.42. The van der Waals surface area contributed by atoms with Gasteiger partial charge in [0.1, 0.15) is 16.4 Å². The predicted molar refractivity (Wildman–Crippen MR) is 93.4 cm³/mol. The number of amides is 1. The first kappa shape index (κ1) is 17.5. The standard InChI is InChI=1S/C18H19FN4OS/c1-12-10-25-17(21-12)18(22-13(2)24)5-6-23(11-18)9-15-7-16(19)4-3-14(15)8-20/h3-4,7,10H,5-6,9,11H2,1-2H3,(H,22,24). The third kappa shape index (κ3) is 3.70. The van der Waals surface area contributed by atoms with Crippen LogP contribution in [-0.2, 0) is 16.9 Å². The highest BCUT2D eigenvalue weighted by Crippen LogP contribution is 2.35. The third-order valence-corrected chi connectivity index (χ3v) is 5.54. The highest BCUT2D eigenvalue weighted by atomic mass is 32.1. The average Bonchev–Trinajstić information content (AvgIpc) is 3.15. The molecule has 1 saturated heterocycles. The number of benzene rings is 1. The van der Waals surface area contributed by atoms with E-state index in [2.05, 4.69) is 21.3 Å². The van der Waals surface area contributed by atoms with Gasteiger partial charge in [-0.05, 0) is 37.1 Å². The Labute approximate surface area is 150 Å². The monoisotopic (exact) mass is 358 g/mol. The van der Waals surface area contributed by atoms with Crippen molar-refractivity contribution in [3.63, 3.8) is 0 Å². The largest absolute Gasteiger partial charge is 0.343 e. The van der Waals surface area contributed by atoms with E-state index >= 15 is 0 Å². The molecular weight excluding hydrogens is 339 g/mol. The van der Waals surface area contributed by atoms with E-state index in [-0.39, 0.29) is 11.7 Å². The molecule has 1 unspecified atom stereocenters. The fraction of sp³-hybridized carbons (Fsp3) is 0.389. The first-order valence-electron chi connectivity index (χ1n) is 8.04. The van der Waals surface area contributed by atoms with Crippen molar-refractivity contribution < 1.29 is 9.18 Å². The molecule has 3 rings (SSSR count). The van der Waals surface area contributed by atoms with Crippen molar-refractivity contribution in [1.29, 1.82) is 5.26 Å². The quantitative estimate of drug-likeness (QED) is 0.912. The second kappa shape index (κ2) is 6.90. The molecule has 0 spiro atoms. The van der Waals surface area contributed by atoms with Gasteiger partial charge in [-0.2, -0.15) is 5.26 Å². The molecule has 1 aliphatic heterocycles. The Balaban J connectivity index is 1.84. The fourth-order valence-corrected chi connectivity index (χ4v) is 4.28. The summed E-state index contributed by atoms with van der Waals surface area (Å²) in [6, 6.07) is 6.32.